The average molecular weight is 330 g/mol. The summed E-state index contributed by atoms with van der Waals surface area (Å²) in [6.45, 7) is 7.02. The van der Waals surface area contributed by atoms with Crippen LogP contribution in [0.4, 0.5) is 0 Å². The van der Waals surface area contributed by atoms with Crippen LogP contribution in [-0.2, 0) is 19.0 Å². The molecule has 5 aliphatic rings. The van der Waals surface area contributed by atoms with Crippen molar-refractivity contribution < 1.29 is 19.0 Å². The van der Waals surface area contributed by atoms with Gasteiger partial charge in [-0.15, -0.1) is 0 Å². The van der Waals surface area contributed by atoms with Gasteiger partial charge in [-0.05, 0) is 43.1 Å². The first kappa shape index (κ1) is 15.0. The van der Waals surface area contributed by atoms with Crippen LogP contribution in [0.25, 0.3) is 0 Å². The predicted molar refractivity (Wildman–Crippen MR) is 87.7 cm³/mol. The van der Waals surface area contributed by atoms with E-state index in [2.05, 4.69) is 26.8 Å². The van der Waals surface area contributed by atoms with E-state index < -0.39 is 0 Å². The zero-order valence-electron chi connectivity index (χ0n) is 14.7. The number of ether oxygens (including phenoxy) is 3. The number of esters is 1. The minimum absolute atomic E-state index is 0.0227. The molecule has 4 heteroatoms. The maximum atomic E-state index is 12.5. The van der Waals surface area contributed by atoms with Crippen molar-refractivity contribution in [2.75, 3.05) is 0 Å². The van der Waals surface area contributed by atoms with Crippen LogP contribution >= 0.6 is 0 Å². The first-order valence-electron chi connectivity index (χ1n) is 9.32. The summed E-state index contributed by atoms with van der Waals surface area (Å²) >= 11 is 0. The fourth-order valence-electron chi connectivity index (χ4n) is 6.50. The van der Waals surface area contributed by atoms with Crippen LogP contribution in [0.1, 0.15) is 46.5 Å². The van der Waals surface area contributed by atoms with Gasteiger partial charge in [0.05, 0.1) is 18.3 Å². The molecular weight excluding hydrogens is 304 g/mol. The van der Waals surface area contributed by atoms with Gasteiger partial charge in [-0.1, -0.05) is 26.8 Å². The second-order valence-corrected chi connectivity index (χ2v) is 8.90. The third-order valence-corrected chi connectivity index (χ3v) is 7.98. The lowest BCUT2D eigenvalue weighted by molar-refractivity contribution is -0.226. The lowest BCUT2D eigenvalue weighted by Gasteiger charge is -2.61. The summed E-state index contributed by atoms with van der Waals surface area (Å²) in [5.74, 6) is 0.876. The second kappa shape index (κ2) is 4.66. The van der Waals surface area contributed by atoms with Gasteiger partial charge in [-0.2, -0.15) is 0 Å². The molecule has 3 fully saturated rings. The lowest BCUT2D eigenvalue weighted by Crippen LogP contribution is -2.62. The Hall–Kier alpha value is -1.29. The van der Waals surface area contributed by atoms with Crippen LogP contribution in [0.2, 0.25) is 0 Å². The molecule has 1 unspecified atom stereocenters. The van der Waals surface area contributed by atoms with Crippen LogP contribution < -0.4 is 0 Å². The molecule has 0 bridgehead atoms. The van der Waals surface area contributed by atoms with Crippen molar-refractivity contribution in [3.8, 4) is 0 Å². The SMILES string of the molecule is C[C@@H]1C[C@@H]2OC(=O)[C@@H]3CC[C@H]4OC5OC=C/C5=C/C[C@]1(C)[C@@H]4[C@]23C. The van der Waals surface area contributed by atoms with Crippen LogP contribution in [-0.4, -0.2) is 24.5 Å². The quantitative estimate of drug-likeness (QED) is 0.637. The van der Waals surface area contributed by atoms with E-state index in [1.807, 2.05) is 6.08 Å². The summed E-state index contributed by atoms with van der Waals surface area (Å²) in [5.41, 5.74) is 1.16. The first-order valence-corrected chi connectivity index (χ1v) is 9.32. The van der Waals surface area contributed by atoms with Gasteiger partial charge in [-0.3, -0.25) is 4.79 Å². The van der Waals surface area contributed by atoms with Crippen LogP contribution in [0.15, 0.2) is 24.0 Å². The highest BCUT2D eigenvalue weighted by atomic mass is 16.7. The normalized spacial score (nSPS) is 57.0. The molecule has 0 aromatic heterocycles. The van der Waals surface area contributed by atoms with Crippen molar-refractivity contribution >= 4 is 5.97 Å². The van der Waals surface area contributed by atoms with Crippen LogP contribution in [0.5, 0.6) is 0 Å². The van der Waals surface area contributed by atoms with Crippen molar-refractivity contribution in [1.82, 2.24) is 0 Å². The molecule has 8 atom stereocenters. The van der Waals surface area contributed by atoms with E-state index in [9.17, 15) is 4.79 Å². The molecule has 0 amide bonds. The van der Waals surface area contributed by atoms with E-state index in [1.54, 1.807) is 6.26 Å². The summed E-state index contributed by atoms with van der Waals surface area (Å²) in [5, 5.41) is 0. The number of allylic oxidation sites excluding steroid dienone is 1. The third kappa shape index (κ3) is 1.66. The fourth-order valence-corrected chi connectivity index (χ4v) is 6.50. The molecule has 1 saturated heterocycles. The summed E-state index contributed by atoms with van der Waals surface area (Å²) < 4.78 is 18.0. The Kier molecular flexibility index (Phi) is 2.91. The summed E-state index contributed by atoms with van der Waals surface area (Å²) in [4.78, 5) is 12.5. The van der Waals surface area contributed by atoms with Crippen molar-refractivity contribution in [3.63, 3.8) is 0 Å². The zero-order valence-corrected chi connectivity index (χ0v) is 14.7. The molecule has 3 aliphatic heterocycles. The Morgan fingerprint density at radius 2 is 2.08 bits per heavy atom. The highest BCUT2D eigenvalue weighted by Gasteiger charge is 2.69. The lowest BCUT2D eigenvalue weighted by atomic mass is 9.43. The molecule has 130 valence electrons. The Morgan fingerprint density at radius 1 is 1.25 bits per heavy atom. The first-order chi connectivity index (χ1) is 11.4. The molecule has 0 aromatic rings. The van der Waals surface area contributed by atoms with Gasteiger partial charge < -0.3 is 14.2 Å². The van der Waals surface area contributed by atoms with Gasteiger partial charge in [0.25, 0.3) is 0 Å². The van der Waals surface area contributed by atoms with Gasteiger partial charge in [0.2, 0.25) is 6.29 Å². The Bertz CT molecular complexity index is 652. The van der Waals surface area contributed by atoms with Gasteiger partial charge in [-0.25, -0.2) is 0 Å². The smallest absolute Gasteiger partial charge is 0.309 e. The number of fused-ring (bicyclic) bond motifs is 1. The maximum Gasteiger partial charge on any atom is 0.309 e. The Balaban J connectivity index is 1.65. The zero-order chi connectivity index (χ0) is 16.7. The van der Waals surface area contributed by atoms with Crippen molar-refractivity contribution in [1.29, 1.82) is 0 Å². The molecule has 0 radical (unpaired) electrons. The van der Waals surface area contributed by atoms with E-state index in [-0.39, 0.29) is 41.2 Å². The van der Waals surface area contributed by atoms with Crippen LogP contribution in [0, 0.1) is 28.6 Å². The standard InChI is InChI=1S/C20H26O4/c1-11-10-15-20(3)13(17(21)24-15)4-5-14-16(20)19(11,2)8-6-12-7-9-22-18(12)23-14/h6-7,9,11,13-16,18H,4-5,8,10H2,1-3H3/b12-6-/t11-,13+,14-,15+,16-,18?,19+,20+/m1/s1. The molecule has 0 N–H and O–H groups in total. The summed E-state index contributed by atoms with van der Waals surface area (Å²) in [7, 11) is 0. The molecule has 24 heavy (non-hydrogen) atoms. The van der Waals surface area contributed by atoms with E-state index in [0.717, 1.165) is 31.3 Å². The maximum absolute atomic E-state index is 12.5. The Labute approximate surface area is 143 Å². The number of rotatable bonds is 0. The number of hydrogen-bond acceptors (Lipinski definition) is 4. The van der Waals surface area contributed by atoms with Crippen LogP contribution in [0.3, 0.4) is 0 Å². The molecule has 2 saturated carbocycles. The largest absolute Gasteiger partial charge is 0.468 e. The summed E-state index contributed by atoms with van der Waals surface area (Å²) in [6, 6.07) is 0. The fraction of sp³-hybridized carbons (Fsp3) is 0.750. The third-order valence-electron chi connectivity index (χ3n) is 7.98. The average Bonchev–Trinajstić information content (AvgIpc) is 3.05. The van der Waals surface area contributed by atoms with E-state index in [0.29, 0.717) is 11.8 Å². The molecule has 0 aromatic carbocycles. The molecule has 5 rings (SSSR count). The van der Waals surface area contributed by atoms with Gasteiger partial charge in [0.15, 0.2) is 0 Å². The van der Waals surface area contributed by atoms with Crippen molar-refractivity contribution in [2.45, 2.75) is 65.0 Å². The molecule has 3 heterocycles. The van der Waals surface area contributed by atoms with Gasteiger partial charge >= 0.3 is 5.97 Å². The van der Waals surface area contributed by atoms with E-state index in [1.165, 1.54) is 0 Å². The monoisotopic (exact) mass is 330 g/mol. The molecule has 2 aliphatic carbocycles. The second-order valence-electron chi connectivity index (χ2n) is 8.90. The number of carbonyl (C=O) groups is 1. The topological polar surface area (TPSA) is 44.8 Å². The van der Waals surface area contributed by atoms with Gasteiger partial charge in [0.1, 0.15) is 6.10 Å². The minimum Gasteiger partial charge on any atom is -0.468 e. The van der Waals surface area contributed by atoms with E-state index >= 15 is 0 Å². The van der Waals surface area contributed by atoms with Crippen molar-refractivity contribution in [2.24, 2.45) is 28.6 Å². The predicted octanol–water partition coefficient (Wildman–Crippen LogP) is 3.58. The molecular formula is C20H26O4. The Morgan fingerprint density at radius 3 is 2.92 bits per heavy atom. The number of hydrogen-bond donors (Lipinski definition) is 0. The van der Waals surface area contributed by atoms with Crippen molar-refractivity contribution in [3.05, 3.63) is 24.0 Å². The summed E-state index contributed by atoms with van der Waals surface area (Å²) in [6.07, 6.45) is 9.75. The minimum atomic E-state index is -0.270. The highest BCUT2D eigenvalue weighted by molar-refractivity contribution is 5.76. The molecule has 4 nitrogen and oxygen atoms in total. The molecule has 0 spiro atoms. The number of carbonyl (C=O) groups excluding carboxylic acids is 1. The van der Waals surface area contributed by atoms with E-state index in [4.69, 9.17) is 14.2 Å². The van der Waals surface area contributed by atoms with Gasteiger partial charge in [0, 0.05) is 16.9 Å². The highest BCUT2D eigenvalue weighted by Crippen LogP contribution is 2.67.